The van der Waals surface area contributed by atoms with Crippen molar-refractivity contribution in [3.8, 4) is 11.5 Å². The Balaban J connectivity index is 2.54. The second-order valence-electron chi connectivity index (χ2n) is 3.20. The fourth-order valence-corrected chi connectivity index (χ4v) is 1.44. The van der Waals surface area contributed by atoms with Gasteiger partial charge in [-0.1, -0.05) is 0 Å². The van der Waals surface area contributed by atoms with Gasteiger partial charge in [0.05, 0.1) is 18.4 Å². The number of aromatic carboxylic acids is 1. The molecule has 0 saturated heterocycles. The highest BCUT2D eigenvalue weighted by molar-refractivity contribution is 5.99. The molecule has 1 aromatic rings. The zero-order valence-electron chi connectivity index (χ0n) is 8.44. The van der Waals surface area contributed by atoms with Crippen LogP contribution in [0, 0.1) is 0 Å². The van der Waals surface area contributed by atoms with Crippen molar-refractivity contribution in [2.75, 3.05) is 19.0 Å². The molecule has 0 saturated carbocycles. The molecule has 0 spiro atoms. The van der Waals surface area contributed by atoms with Crippen molar-refractivity contribution in [3.63, 3.8) is 0 Å². The summed E-state index contributed by atoms with van der Waals surface area (Å²) in [7, 11) is 1.40. The number of carboxylic acid groups (broad SMARTS) is 1. The molecule has 0 aliphatic carbocycles. The summed E-state index contributed by atoms with van der Waals surface area (Å²) in [4.78, 5) is 21.9. The number of carbonyl (C=O) groups is 2. The summed E-state index contributed by atoms with van der Waals surface area (Å²) in [5.41, 5.74) is 0.342. The Bertz CT molecular complexity index is 469. The molecule has 0 aromatic heterocycles. The zero-order valence-corrected chi connectivity index (χ0v) is 8.44. The molecule has 1 aliphatic rings. The molecule has 2 rings (SSSR count). The van der Waals surface area contributed by atoms with Crippen LogP contribution < -0.4 is 14.8 Å². The van der Waals surface area contributed by atoms with Gasteiger partial charge in [-0.15, -0.1) is 0 Å². The van der Waals surface area contributed by atoms with Gasteiger partial charge < -0.3 is 19.9 Å². The second kappa shape index (κ2) is 3.73. The van der Waals surface area contributed by atoms with E-state index in [9.17, 15) is 9.59 Å². The number of rotatable bonds is 2. The number of nitrogens with one attached hydrogen (secondary N) is 1. The molecule has 6 nitrogen and oxygen atoms in total. The van der Waals surface area contributed by atoms with Gasteiger partial charge in [-0.05, 0) is 12.1 Å². The summed E-state index contributed by atoms with van der Waals surface area (Å²) in [5, 5.41) is 11.4. The summed E-state index contributed by atoms with van der Waals surface area (Å²) in [6.07, 6.45) is 0. The SMILES string of the molecule is COc1cc(C(=O)O)cc2c1OCC(=O)N2. The van der Waals surface area contributed by atoms with Crippen LogP contribution in [-0.2, 0) is 4.79 Å². The van der Waals surface area contributed by atoms with Crippen LogP contribution in [0.25, 0.3) is 0 Å². The number of benzene rings is 1. The average Bonchev–Trinajstić information content (AvgIpc) is 2.26. The first-order valence-corrected chi connectivity index (χ1v) is 4.50. The molecule has 0 bridgehead atoms. The lowest BCUT2D eigenvalue weighted by molar-refractivity contribution is -0.118. The number of fused-ring (bicyclic) bond motifs is 1. The van der Waals surface area contributed by atoms with Gasteiger partial charge in [0.2, 0.25) is 0 Å². The number of hydrogen-bond donors (Lipinski definition) is 2. The predicted octanol–water partition coefficient (Wildman–Crippen LogP) is 0.724. The van der Waals surface area contributed by atoms with E-state index in [-0.39, 0.29) is 23.8 Å². The van der Waals surface area contributed by atoms with Gasteiger partial charge in [-0.2, -0.15) is 0 Å². The van der Waals surface area contributed by atoms with Crippen LogP contribution in [0.5, 0.6) is 11.5 Å². The lowest BCUT2D eigenvalue weighted by Crippen LogP contribution is -2.26. The minimum Gasteiger partial charge on any atom is -0.493 e. The highest BCUT2D eigenvalue weighted by atomic mass is 16.5. The van der Waals surface area contributed by atoms with Gasteiger partial charge >= 0.3 is 5.97 Å². The highest BCUT2D eigenvalue weighted by Gasteiger charge is 2.22. The first kappa shape index (κ1) is 10.3. The Morgan fingerprint density at radius 3 is 2.94 bits per heavy atom. The quantitative estimate of drug-likeness (QED) is 0.771. The molecule has 1 aromatic carbocycles. The number of amides is 1. The third kappa shape index (κ3) is 1.65. The van der Waals surface area contributed by atoms with Crippen molar-refractivity contribution in [2.24, 2.45) is 0 Å². The maximum Gasteiger partial charge on any atom is 0.335 e. The van der Waals surface area contributed by atoms with E-state index < -0.39 is 5.97 Å². The van der Waals surface area contributed by atoms with Gasteiger partial charge in [-0.25, -0.2) is 4.79 Å². The van der Waals surface area contributed by atoms with E-state index in [1.54, 1.807) is 0 Å². The number of methoxy groups -OCH3 is 1. The molecular weight excluding hydrogens is 214 g/mol. The standard InChI is InChI=1S/C10H9NO5/c1-15-7-3-5(10(13)14)2-6-9(7)16-4-8(12)11-6/h2-3H,4H2,1H3,(H,11,12)(H,13,14). The van der Waals surface area contributed by atoms with Crippen molar-refractivity contribution < 1.29 is 24.2 Å². The predicted molar refractivity (Wildman–Crippen MR) is 54.1 cm³/mol. The largest absolute Gasteiger partial charge is 0.493 e. The molecule has 1 heterocycles. The fourth-order valence-electron chi connectivity index (χ4n) is 1.44. The minimum absolute atomic E-state index is 0.0291. The number of anilines is 1. The van der Waals surface area contributed by atoms with Crippen LogP contribution in [0.2, 0.25) is 0 Å². The molecule has 0 fully saturated rings. The number of ether oxygens (including phenoxy) is 2. The van der Waals surface area contributed by atoms with Crippen molar-refractivity contribution in [1.29, 1.82) is 0 Å². The molecule has 1 amide bonds. The second-order valence-corrected chi connectivity index (χ2v) is 3.20. The fraction of sp³-hybridized carbons (Fsp3) is 0.200. The first-order chi connectivity index (χ1) is 7.61. The average molecular weight is 223 g/mol. The highest BCUT2D eigenvalue weighted by Crippen LogP contribution is 2.38. The Hall–Kier alpha value is -2.24. The Morgan fingerprint density at radius 1 is 1.56 bits per heavy atom. The van der Waals surface area contributed by atoms with Gasteiger partial charge in [0, 0.05) is 0 Å². The summed E-state index contributed by atoms with van der Waals surface area (Å²) in [6.45, 7) is -0.101. The Labute approximate surface area is 90.8 Å². The van der Waals surface area contributed by atoms with Crippen molar-refractivity contribution in [3.05, 3.63) is 17.7 Å². The molecule has 1 aliphatic heterocycles. The van der Waals surface area contributed by atoms with Crippen LogP contribution in [-0.4, -0.2) is 30.7 Å². The van der Waals surface area contributed by atoms with E-state index in [2.05, 4.69) is 5.32 Å². The molecule has 84 valence electrons. The van der Waals surface area contributed by atoms with Gasteiger partial charge in [0.15, 0.2) is 18.1 Å². The van der Waals surface area contributed by atoms with Gasteiger partial charge in [0.1, 0.15) is 0 Å². The van der Waals surface area contributed by atoms with Crippen LogP contribution in [0.3, 0.4) is 0 Å². The van der Waals surface area contributed by atoms with E-state index in [0.29, 0.717) is 11.4 Å². The minimum atomic E-state index is -1.10. The third-order valence-electron chi connectivity index (χ3n) is 2.14. The van der Waals surface area contributed by atoms with Gasteiger partial charge in [0.25, 0.3) is 5.91 Å². The normalized spacial score (nSPS) is 13.4. The molecule has 2 N–H and O–H groups in total. The van der Waals surface area contributed by atoms with Crippen molar-refractivity contribution in [2.45, 2.75) is 0 Å². The monoisotopic (exact) mass is 223 g/mol. The van der Waals surface area contributed by atoms with E-state index >= 15 is 0 Å². The summed E-state index contributed by atoms with van der Waals surface area (Å²) < 4.78 is 10.2. The van der Waals surface area contributed by atoms with Crippen LogP contribution in [0.15, 0.2) is 12.1 Å². The molecule has 16 heavy (non-hydrogen) atoms. The molecular formula is C10H9NO5. The number of carbonyl (C=O) groups excluding carboxylic acids is 1. The molecule has 6 heteroatoms. The maximum atomic E-state index is 11.1. The zero-order chi connectivity index (χ0) is 11.7. The summed E-state index contributed by atoms with van der Waals surface area (Å²) in [5.74, 6) is -0.778. The van der Waals surface area contributed by atoms with Crippen LogP contribution >= 0.6 is 0 Å². The van der Waals surface area contributed by atoms with Crippen molar-refractivity contribution >= 4 is 17.6 Å². The van der Waals surface area contributed by atoms with E-state index in [1.807, 2.05) is 0 Å². The molecule has 0 radical (unpaired) electrons. The lowest BCUT2D eigenvalue weighted by atomic mass is 10.1. The van der Waals surface area contributed by atoms with E-state index in [0.717, 1.165) is 0 Å². The van der Waals surface area contributed by atoms with Crippen LogP contribution in [0.1, 0.15) is 10.4 Å². The smallest absolute Gasteiger partial charge is 0.335 e. The number of hydrogen-bond acceptors (Lipinski definition) is 4. The van der Waals surface area contributed by atoms with E-state index in [4.69, 9.17) is 14.6 Å². The lowest BCUT2D eigenvalue weighted by Gasteiger charge is -2.20. The topological polar surface area (TPSA) is 84.9 Å². The van der Waals surface area contributed by atoms with Crippen LogP contribution in [0.4, 0.5) is 5.69 Å². The number of carboxylic acids is 1. The molecule has 0 unspecified atom stereocenters. The van der Waals surface area contributed by atoms with Crippen molar-refractivity contribution in [1.82, 2.24) is 0 Å². The first-order valence-electron chi connectivity index (χ1n) is 4.50. The third-order valence-corrected chi connectivity index (χ3v) is 2.14. The summed E-state index contributed by atoms with van der Waals surface area (Å²) in [6, 6.07) is 2.68. The summed E-state index contributed by atoms with van der Waals surface area (Å²) >= 11 is 0. The molecule has 0 atom stereocenters. The Morgan fingerprint density at radius 2 is 2.31 bits per heavy atom. The van der Waals surface area contributed by atoms with E-state index in [1.165, 1.54) is 19.2 Å². The Kier molecular flexibility index (Phi) is 2.40. The maximum absolute atomic E-state index is 11.1. The van der Waals surface area contributed by atoms with Gasteiger partial charge in [-0.3, -0.25) is 4.79 Å².